The largest absolute Gasteiger partial charge is 0.490 e. The number of hydrogen-bond donors (Lipinski definition) is 1. The summed E-state index contributed by atoms with van der Waals surface area (Å²) in [4.78, 5) is 0. The molecule has 0 heterocycles. The van der Waals surface area contributed by atoms with Crippen LogP contribution in [0.3, 0.4) is 0 Å². The molecular weight excluding hydrogens is 222 g/mol. The Balaban J connectivity index is 2.13. The molecular formula is C16H25NO. The lowest BCUT2D eigenvalue weighted by Crippen LogP contribution is -2.37. The van der Waals surface area contributed by atoms with Crippen molar-refractivity contribution in [2.24, 2.45) is 17.6 Å². The Labute approximate surface area is 111 Å². The quantitative estimate of drug-likeness (QED) is 0.888. The van der Waals surface area contributed by atoms with Crippen LogP contribution in [0.15, 0.2) is 18.2 Å². The second kappa shape index (κ2) is 5.75. The Hall–Kier alpha value is -1.02. The molecule has 1 saturated carbocycles. The Bertz CT molecular complexity index is 402. The third-order valence-corrected chi connectivity index (χ3v) is 4.33. The van der Waals surface area contributed by atoms with E-state index in [9.17, 15) is 0 Å². The van der Waals surface area contributed by atoms with Gasteiger partial charge in [0, 0.05) is 5.92 Å². The summed E-state index contributed by atoms with van der Waals surface area (Å²) >= 11 is 0. The average molecular weight is 247 g/mol. The fraction of sp³-hybridized carbons (Fsp3) is 0.625. The lowest BCUT2D eigenvalue weighted by Gasteiger charge is -2.34. The minimum atomic E-state index is 0.291. The van der Waals surface area contributed by atoms with Gasteiger partial charge in [-0.1, -0.05) is 25.5 Å². The zero-order valence-electron chi connectivity index (χ0n) is 11.8. The van der Waals surface area contributed by atoms with E-state index in [4.69, 9.17) is 10.5 Å². The van der Waals surface area contributed by atoms with Gasteiger partial charge < -0.3 is 10.5 Å². The molecule has 0 bridgehead atoms. The van der Waals surface area contributed by atoms with E-state index in [-0.39, 0.29) is 0 Å². The molecule has 0 spiro atoms. The second-order valence-electron chi connectivity index (χ2n) is 5.77. The topological polar surface area (TPSA) is 35.2 Å². The van der Waals surface area contributed by atoms with Gasteiger partial charge in [0.25, 0.3) is 0 Å². The number of hydrogen-bond acceptors (Lipinski definition) is 2. The third-order valence-electron chi connectivity index (χ3n) is 4.33. The highest BCUT2D eigenvalue weighted by atomic mass is 16.5. The summed E-state index contributed by atoms with van der Waals surface area (Å²) < 4.78 is 6.26. The summed E-state index contributed by atoms with van der Waals surface area (Å²) in [7, 11) is 0. The van der Waals surface area contributed by atoms with E-state index < -0.39 is 0 Å². The molecule has 1 aromatic carbocycles. The first kappa shape index (κ1) is 13.4. The molecule has 3 atom stereocenters. The summed E-state index contributed by atoms with van der Waals surface area (Å²) in [5, 5.41) is 0. The summed E-state index contributed by atoms with van der Waals surface area (Å²) in [5.74, 6) is 2.30. The molecule has 2 rings (SSSR count). The van der Waals surface area contributed by atoms with E-state index in [0.717, 1.165) is 24.6 Å². The molecule has 1 fully saturated rings. The fourth-order valence-electron chi connectivity index (χ4n) is 2.82. The van der Waals surface area contributed by atoms with Gasteiger partial charge in [0.1, 0.15) is 11.9 Å². The van der Waals surface area contributed by atoms with Crippen LogP contribution in [0.25, 0.3) is 0 Å². The Kier molecular flexibility index (Phi) is 4.28. The highest BCUT2D eigenvalue weighted by Crippen LogP contribution is 2.32. The van der Waals surface area contributed by atoms with Gasteiger partial charge in [0.15, 0.2) is 0 Å². The standard InChI is InChI=1S/C16H25NO/c1-11-7-8-14(10-17)16(9-11)18-15-6-4-5-12(2)13(15)3/h4-6,11,14,16H,7-10,17H2,1-3H3. The van der Waals surface area contributed by atoms with Crippen molar-refractivity contribution in [3.05, 3.63) is 29.3 Å². The van der Waals surface area contributed by atoms with Crippen molar-refractivity contribution in [2.45, 2.75) is 46.1 Å². The van der Waals surface area contributed by atoms with Crippen molar-refractivity contribution in [1.29, 1.82) is 0 Å². The van der Waals surface area contributed by atoms with Crippen LogP contribution < -0.4 is 10.5 Å². The number of ether oxygens (including phenoxy) is 1. The summed E-state index contributed by atoms with van der Waals surface area (Å²) in [6.07, 6.45) is 3.91. The van der Waals surface area contributed by atoms with E-state index in [1.807, 2.05) is 0 Å². The first-order valence-electron chi connectivity index (χ1n) is 7.04. The molecule has 1 aliphatic rings. The van der Waals surface area contributed by atoms with Gasteiger partial charge in [-0.25, -0.2) is 0 Å². The van der Waals surface area contributed by atoms with Crippen LogP contribution in [0.1, 0.15) is 37.3 Å². The van der Waals surface area contributed by atoms with Gasteiger partial charge >= 0.3 is 0 Å². The van der Waals surface area contributed by atoms with Crippen LogP contribution in [0.2, 0.25) is 0 Å². The zero-order chi connectivity index (χ0) is 13.1. The van der Waals surface area contributed by atoms with Crippen LogP contribution in [0.4, 0.5) is 0 Å². The molecule has 18 heavy (non-hydrogen) atoms. The Morgan fingerprint density at radius 3 is 2.78 bits per heavy atom. The molecule has 0 aliphatic heterocycles. The minimum Gasteiger partial charge on any atom is -0.490 e. The molecule has 2 nitrogen and oxygen atoms in total. The molecule has 100 valence electrons. The smallest absolute Gasteiger partial charge is 0.122 e. The highest BCUT2D eigenvalue weighted by Gasteiger charge is 2.29. The first-order chi connectivity index (χ1) is 8.61. The van der Waals surface area contributed by atoms with Crippen LogP contribution in [-0.2, 0) is 0 Å². The van der Waals surface area contributed by atoms with Crippen molar-refractivity contribution in [3.63, 3.8) is 0 Å². The van der Waals surface area contributed by atoms with E-state index in [2.05, 4.69) is 39.0 Å². The van der Waals surface area contributed by atoms with Crippen LogP contribution in [0.5, 0.6) is 5.75 Å². The third kappa shape index (κ3) is 2.86. The number of rotatable bonds is 3. The number of aryl methyl sites for hydroxylation is 1. The summed E-state index contributed by atoms with van der Waals surface area (Å²) in [6, 6.07) is 6.28. The van der Waals surface area contributed by atoms with Crippen molar-refractivity contribution in [3.8, 4) is 5.75 Å². The Morgan fingerprint density at radius 1 is 1.28 bits per heavy atom. The number of nitrogens with two attached hydrogens (primary N) is 1. The van der Waals surface area contributed by atoms with Crippen molar-refractivity contribution in [2.75, 3.05) is 6.54 Å². The van der Waals surface area contributed by atoms with Gasteiger partial charge in [0.05, 0.1) is 0 Å². The molecule has 1 aliphatic carbocycles. The molecule has 0 saturated heterocycles. The number of benzene rings is 1. The molecule has 0 radical (unpaired) electrons. The summed E-state index contributed by atoms with van der Waals surface area (Å²) in [5.41, 5.74) is 8.43. The fourth-order valence-corrected chi connectivity index (χ4v) is 2.82. The van der Waals surface area contributed by atoms with E-state index in [0.29, 0.717) is 12.0 Å². The predicted octanol–water partition coefficient (Wildman–Crippen LogP) is 3.45. The van der Waals surface area contributed by atoms with E-state index in [1.165, 1.54) is 24.0 Å². The first-order valence-corrected chi connectivity index (χ1v) is 7.04. The van der Waals surface area contributed by atoms with Crippen molar-refractivity contribution in [1.82, 2.24) is 0 Å². The van der Waals surface area contributed by atoms with Crippen LogP contribution in [-0.4, -0.2) is 12.6 Å². The SMILES string of the molecule is Cc1cccc(OC2CC(C)CCC2CN)c1C. The van der Waals surface area contributed by atoms with E-state index in [1.54, 1.807) is 0 Å². The van der Waals surface area contributed by atoms with Gasteiger partial charge in [0.2, 0.25) is 0 Å². The van der Waals surface area contributed by atoms with Gasteiger partial charge in [-0.15, -0.1) is 0 Å². The average Bonchev–Trinajstić information content (AvgIpc) is 2.35. The zero-order valence-corrected chi connectivity index (χ0v) is 11.8. The lowest BCUT2D eigenvalue weighted by atomic mass is 9.80. The lowest BCUT2D eigenvalue weighted by molar-refractivity contribution is 0.0735. The van der Waals surface area contributed by atoms with Crippen molar-refractivity contribution >= 4 is 0 Å². The molecule has 0 aromatic heterocycles. The van der Waals surface area contributed by atoms with Crippen LogP contribution in [0, 0.1) is 25.7 Å². The Morgan fingerprint density at radius 2 is 2.06 bits per heavy atom. The summed E-state index contributed by atoms with van der Waals surface area (Å²) in [6.45, 7) is 7.31. The molecule has 3 unspecified atom stereocenters. The molecule has 2 heteroatoms. The van der Waals surface area contributed by atoms with E-state index >= 15 is 0 Å². The highest BCUT2D eigenvalue weighted by molar-refractivity contribution is 5.38. The van der Waals surface area contributed by atoms with Gasteiger partial charge in [-0.3, -0.25) is 0 Å². The predicted molar refractivity (Wildman–Crippen MR) is 75.9 cm³/mol. The minimum absolute atomic E-state index is 0.291. The molecule has 1 aromatic rings. The molecule has 0 amide bonds. The normalized spacial score (nSPS) is 28.1. The molecule has 2 N–H and O–H groups in total. The maximum Gasteiger partial charge on any atom is 0.122 e. The van der Waals surface area contributed by atoms with Gasteiger partial charge in [-0.2, -0.15) is 0 Å². The van der Waals surface area contributed by atoms with Crippen LogP contribution >= 0.6 is 0 Å². The second-order valence-corrected chi connectivity index (χ2v) is 5.77. The maximum absolute atomic E-state index is 6.26. The monoisotopic (exact) mass is 247 g/mol. The van der Waals surface area contributed by atoms with Gasteiger partial charge in [-0.05, 0) is 56.3 Å². The maximum atomic E-state index is 6.26. The van der Waals surface area contributed by atoms with Crippen molar-refractivity contribution < 1.29 is 4.74 Å².